The van der Waals surface area contributed by atoms with E-state index in [1.165, 1.54) is 0 Å². The zero-order chi connectivity index (χ0) is 11.5. The first kappa shape index (κ1) is 12.5. The van der Waals surface area contributed by atoms with Gasteiger partial charge in [-0.05, 0) is 26.7 Å². The molecule has 3 nitrogen and oxygen atoms in total. The second-order valence-corrected chi connectivity index (χ2v) is 5.05. The van der Waals surface area contributed by atoms with Crippen molar-refractivity contribution in [2.75, 3.05) is 6.54 Å². The first-order chi connectivity index (χ1) is 7.00. The summed E-state index contributed by atoms with van der Waals surface area (Å²) >= 11 is 0. The Balaban J connectivity index is 2.46. The quantitative estimate of drug-likeness (QED) is 0.723. The van der Waals surface area contributed by atoms with E-state index < -0.39 is 0 Å². The van der Waals surface area contributed by atoms with Crippen LogP contribution in [0.15, 0.2) is 0 Å². The number of hydrogen-bond acceptors (Lipinski definition) is 2. The molecule has 0 radical (unpaired) electrons. The number of carbonyl (C=O) groups is 1. The van der Waals surface area contributed by atoms with Crippen molar-refractivity contribution in [3.05, 3.63) is 0 Å². The molecule has 3 heteroatoms. The molecule has 1 aliphatic rings. The summed E-state index contributed by atoms with van der Waals surface area (Å²) < 4.78 is 0. The Bertz CT molecular complexity index is 226. The Hall–Kier alpha value is -0.570. The van der Waals surface area contributed by atoms with Crippen LogP contribution in [0.25, 0.3) is 0 Å². The zero-order valence-electron chi connectivity index (χ0n) is 10.3. The lowest BCUT2D eigenvalue weighted by Crippen LogP contribution is -2.51. The maximum Gasteiger partial charge on any atom is 0.223 e. The molecule has 1 amide bonds. The van der Waals surface area contributed by atoms with E-state index in [2.05, 4.69) is 20.8 Å². The molecule has 0 bridgehead atoms. The molecule has 0 aromatic carbocycles. The molecule has 1 unspecified atom stereocenters. The molecule has 1 fully saturated rings. The van der Waals surface area contributed by atoms with Gasteiger partial charge in [0.25, 0.3) is 0 Å². The predicted molar refractivity (Wildman–Crippen MR) is 62.5 cm³/mol. The summed E-state index contributed by atoms with van der Waals surface area (Å²) in [5, 5.41) is 0. The van der Waals surface area contributed by atoms with E-state index in [-0.39, 0.29) is 17.5 Å². The Labute approximate surface area is 93.0 Å². The number of nitrogens with zero attached hydrogens (tertiary/aromatic N) is 1. The van der Waals surface area contributed by atoms with Gasteiger partial charge in [-0.2, -0.15) is 0 Å². The first-order valence-electron chi connectivity index (χ1n) is 6.06. The molecule has 0 saturated carbocycles. The lowest BCUT2D eigenvalue weighted by molar-refractivity contribution is -0.134. The number of unbranched alkanes of at least 4 members (excludes halogenated alkanes) is 2. The molecule has 0 spiro atoms. The third-order valence-corrected chi connectivity index (χ3v) is 3.56. The Kier molecular flexibility index (Phi) is 4.14. The molecule has 2 N–H and O–H groups in total. The maximum atomic E-state index is 12.0. The average Bonchev–Trinajstić information content (AvgIpc) is 2.42. The van der Waals surface area contributed by atoms with Crippen LogP contribution in [-0.4, -0.2) is 28.9 Å². The van der Waals surface area contributed by atoms with E-state index in [1.54, 1.807) is 0 Å². The lowest BCUT2D eigenvalue weighted by Gasteiger charge is -2.34. The highest BCUT2D eigenvalue weighted by Crippen LogP contribution is 2.28. The molecule has 88 valence electrons. The summed E-state index contributed by atoms with van der Waals surface area (Å²) in [6, 6.07) is 0.132. The van der Waals surface area contributed by atoms with Crippen molar-refractivity contribution in [2.24, 2.45) is 5.73 Å². The van der Waals surface area contributed by atoms with Gasteiger partial charge in [-0.25, -0.2) is 0 Å². The van der Waals surface area contributed by atoms with E-state index in [0.29, 0.717) is 6.42 Å². The summed E-state index contributed by atoms with van der Waals surface area (Å²) in [6.07, 6.45) is 4.94. The van der Waals surface area contributed by atoms with Gasteiger partial charge in [0.15, 0.2) is 0 Å². The topological polar surface area (TPSA) is 46.3 Å². The molecular formula is C12H24N2O. The Morgan fingerprint density at radius 2 is 2.13 bits per heavy atom. The van der Waals surface area contributed by atoms with Gasteiger partial charge in [0.2, 0.25) is 5.91 Å². The van der Waals surface area contributed by atoms with E-state index >= 15 is 0 Å². The third-order valence-electron chi connectivity index (χ3n) is 3.56. The van der Waals surface area contributed by atoms with Crippen molar-refractivity contribution in [2.45, 2.75) is 64.5 Å². The molecular weight excluding hydrogens is 188 g/mol. The monoisotopic (exact) mass is 212 g/mol. The van der Waals surface area contributed by atoms with Gasteiger partial charge < -0.3 is 10.6 Å². The summed E-state index contributed by atoms with van der Waals surface area (Å²) in [6.45, 7) is 7.13. The molecule has 1 heterocycles. The van der Waals surface area contributed by atoms with Crippen LogP contribution < -0.4 is 5.73 Å². The van der Waals surface area contributed by atoms with Crippen LogP contribution in [-0.2, 0) is 4.79 Å². The van der Waals surface area contributed by atoms with Crippen LogP contribution in [0.4, 0.5) is 0 Å². The van der Waals surface area contributed by atoms with Gasteiger partial charge in [0, 0.05) is 19.0 Å². The predicted octanol–water partition coefficient (Wildman–Crippen LogP) is 1.90. The summed E-state index contributed by atoms with van der Waals surface area (Å²) in [7, 11) is 0. The fourth-order valence-corrected chi connectivity index (χ4v) is 2.22. The lowest BCUT2D eigenvalue weighted by atomic mass is 9.96. The molecule has 0 aromatic heterocycles. The molecule has 1 aliphatic heterocycles. The van der Waals surface area contributed by atoms with Crippen LogP contribution in [0.1, 0.15) is 52.9 Å². The van der Waals surface area contributed by atoms with Crippen molar-refractivity contribution in [1.29, 1.82) is 0 Å². The van der Waals surface area contributed by atoms with Gasteiger partial charge in [-0.3, -0.25) is 4.79 Å². The second-order valence-electron chi connectivity index (χ2n) is 5.05. The highest BCUT2D eigenvalue weighted by Gasteiger charge is 2.41. The van der Waals surface area contributed by atoms with Crippen LogP contribution in [0.5, 0.6) is 0 Å². The van der Waals surface area contributed by atoms with Crippen molar-refractivity contribution in [3.8, 4) is 0 Å². The van der Waals surface area contributed by atoms with Gasteiger partial charge >= 0.3 is 0 Å². The summed E-state index contributed by atoms with van der Waals surface area (Å²) in [4.78, 5) is 13.9. The van der Waals surface area contributed by atoms with Crippen LogP contribution in [0, 0.1) is 0 Å². The maximum absolute atomic E-state index is 12.0. The average molecular weight is 212 g/mol. The van der Waals surface area contributed by atoms with Gasteiger partial charge in [0.05, 0.1) is 5.54 Å². The SMILES string of the molecule is CCCCCC(=O)N1CCC(N)C1(C)C. The van der Waals surface area contributed by atoms with E-state index in [1.807, 2.05) is 4.90 Å². The molecule has 0 aliphatic carbocycles. The molecule has 1 atom stereocenters. The van der Waals surface area contributed by atoms with Crippen molar-refractivity contribution >= 4 is 5.91 Å². The molecule has 1 rings (SSSR count). The van der Waals surface area contributed by atoms with Crippen molar-refractivity contribution in [3.63, 3.8) is 0 Å². The minimum Gasteiger partial charge on any atom is -0.336 e. The van der Waals surface area contributed by atoms with E-state index in [4.69, 9.17) is 5.73 Å². The van der Waals surface area contributed by atoms with E-state index in [0.717, 1.165) is 32.2 Å². The number of likely N-dealkylation sites (tertiary alicyclic amines) is 1. The van der Waals surface area contributed by atoms with Crippen LogP contribution in [0.2, 0.25) is 0 Å². The number of amides is 1. The number of nitrogens with two attached hydrogens (primary N) is 1. The van der Waals surface area contributed by atoms with Gasteiger partial charge in [0.1, 0.15) is 0 Å². The zero-order valence-corrected chi connectivity index (χ0v) is 10.3. The Morgan fingerprint density at radius 3 is 2.60 bits per heavy atom. The van der Waals surface area contributed by atoms with Crippen molar-refractivity contribution in [1.82, 2.24) is 4.90 Å². The largest absolute Gasteiger partial charge is 0.336 e. The van der Waals surface area contributed by atoms with E-state index in [9.17, 15) is 4.79 Å². The minimum atomic E-state index is -0.150. The summed E-state index contributed by atoms with van der Waals surface area (Å²) in [5.74, 6) is 0.279. The molecule has 0 aromatic rings. The third kappa shape index (κ3) is 2.71. The van der Waals surface area contributed by atoms with Crippen molar-refractivity contribution < 1.29 is 4.79 Å². The molecule has 1 saturated heterocycles. The highest BCUT2D eigenvalue weighted by atomic mass is 16.2. The van der Waals surface area contributed by atoms with Crippen LogP contribution in [0.3, 0.4) is 0 Å². The first-order valence-corrected chi connectivity index (χ1v) is 6.06. The normalized spacial score (nSPS) is 24.5. The van der Waals surface area contributed by atoms with Gasteiger partial charge in [-0.1, -0.05) is 19.8 Å². The minimum absolute atomic E-state index is 0.132. The van der Waals surface area contributed by atoms with Crippen LogP contribution >= 0.6 is 0 Å². The number of hydrogen-bond donors (Lipinski definition) is 1. The standard InChI is InChI=1S/C12H24N2O/c1-4-5-6-7-11(15)14-9-8-10(13)12(14,2)3/h10H,4-9,13H2,1-3H3. The number of rotatable bonds is 4. The fourth-order valence-electron chi connectivity index (χ4n) is 2.22. The summed E-state index contributed by atoms with van der Waals surface area (Å²) in [5.41, 5.74) is 5.85. The fraction of sp³-hybridized carbons (Fsp3) is 0.917. The Morgan fingerprint density at radius 1 is 1.47 bits per heavy atom. The molecule has 15 heavy (non-hydrogen) atoms. The second kappa shape index (κ2) is 4.97. The number of carbonyl (C=O) groups excluding carboxylic acids is 1. The highest BCUT2D eigenvalue weighted by molar-refractivity contribution is 5.77. The van der Waals surface area contributed by atoms with Gasteiger partial charge in [-0.15, -0.1) is 0 Å². The smallest absolute Gasteiger partial charge is 0.223 e.